The first kappa shape index (κ1) is 27.9. The molecular formula is C28H24ClF3N4O3S. The number of carbonyl (C=O) groups is 1. The summed E-state index contributed by atoms with van der Waals surface area (Å²) in [5, 5.41) is 0.734. The zero-order chi connectivity index (χ0) is 28.6. The van der Waals surface area contributed by atoms with Crippen LogP contribution in [0.3, 0.4) is 0 Å². The number of nitrogens with one attached hydrogen (secondary N) is 1. The Balaban J connectivity index is 1.28. The summed E-state index contributed by atoms with van der Waals surface area (Å²) in [6.45, 7) is 2.67. The minimum Gasteiger partial charge on any atom is -0.333 e. The second kappa shape index (κ2) is 11.1. The lowest BCUT2D eigenvalue weighted by molar-refractivity contribution is 0.0471. The first-order chi connectivity index (χ1) is 19.0. The molecule has 0 bridgehead atoms. The maximum absolute atomic E-state index is 14.1. The van der Waals surface area contributed by atoms with E-state index in [1.165, 1.54) is 30.5 Å². The number of fused-ring (bicyclic) bond motifs is 1. The smallest absolute Gasteiger partial charge is 0.264 e. The number of carbonyl (C=O) groups excluding carboxylic acids is 1. The van der Waals surface area contributed by atoms with Gasteiger partial charge in [-0.2, -0.15) is 0 Å². The van der Waals surface area contributed by atoms with Crippen LogP contribution in [-0.2, 0) is 16.6 Å². The number of para-hydroxylation sites is 1. The molecule has 5 rings (SSSR count). The summed E-state index contributed by atoms with van der Waals surface area (Å²) in [6.07, 6.45) is 1.51. The summed E-state index contributed by atoms with van der Waals surface area (Å²) in [5.74, 6) is -3.25. The monoisotopic (exact) mass is 588 g/mol. The number of hydrogen-bond donors (Lipinski definition) is 1. The lowest BCUT2D eigenvalue weighted by Gasteiger charge is -2.40. The van der Waals surface area contributed by atoms with Gasteiger partial charge in [-0.05, 0) is 37.3 Å². The van der Waals surface area contributed by atoms with Crippen LogP contribution in [0.25, 0.3) is 10.9 Å². The average molecular weight is 589 g/mol. The average Bonchev–Trinajstić information content (AvgIpc) is 2.90. The van der Waals surface area contributed by atoms with Crippen LogP contribution in [0.2, 0.25) is 5.02 Å². The van der Waals surface area contributed by atoms with Gasteiger partial charge in [0.15, 0.2) is 0 Å². The summed E-state index contributed by atoms with van der Waals surface area (Å²) in [6, 6.07) is 13.6. The van der Waals surface area contributed by atoms with Gasteiger partial charge in [-0.1, -0.05) is 29.8 Å². The van der Waals surface area contributed by atoms with E-state index >= 15 is 0 Å². The lowest BCUT2D eigenvalue weighted by Crippen LogP contribution is -2.53. The largest absolute Gasteiger partial charge is 0.333 e. The van der Waals surface area contributed by atoms with Crippen molar-refractivity contribution in [1.29, 1.82) is 0 Å². The molecule has 1 fully saturated rings. The number of sulfonamides is 1. The van der Waals surface area contributed by atoms with Crippen LogP contribution < -0.4 is 4.72 Å². The summed E-state index contributed by atoms with van der Waals surface area (Å²) in [5.41, 5.74) is 0.463. The third-order valence-corrected chi connectivity index (χ3v) is 8.52. The molecule has 1 aliphatic rings. The predicted molar refractivity (Wildman–Crippen MR) is 146 cm³/mol. The van der Waals surface area contributed by atoms with Gasteiger partial charge in [-0.15, -0.1) is 0 Å². The Labute approximate surface area is 234 Å². The van der Waals surface area contributed by atoms with E-state index in [2.05, 4.69) is 9.71 Å². The molecule has 1 saturated heterocycles. The summed E-state index contributed by atoms with van der Waals surface area (Å²) in [4.78, 5) is 20.9. The number of anilines is 1. The van der Waals surface area contributed by atoms with Gasteiger partial charge in [-0.3, -0.25) is 19.4 Å². The number of amides is 1. The maximum atomic E-state index is 14.1. The fourth-order valence-electron chi connectivity index (χ4n) is 4.84. The van der Waals surface area contributed by atoms with Crippen molar-refractivity contribution in [3.63, 3.8) is 0 Å². The first-order valence-corrected chi connectivity index (χ1v) is 14.2. The van der Waals surface area contributed by atoms with Crippen molar-refractivity contribution >= 4 is 44.1 Å². The maximum Gasteiger partial charge on any atom is 0.264 e. The third kappa shape index (κ3) is 5.63. The second-order valence-corrected chi connectivity index (χ2v) is 11.6. The van der Waals surface area contributed by atoms with Crippen molar-refractivity contribution in [1.82, 2.24) is 14.8 Å². The highest BCUT2D eigenvalue weighted by Gasteiger charge is 2.30. The van der Waals surface area contributed by atoms with Crippen LogP contribution in [-0.4, -0.2) is 54.8 Å². The fourth-order valence-corrected chi connectivity index (χ4v) is 6.33. The number of hydrogen-bond acceptors (Lipinski definition) is 5. The fraction of sp³-hybridized carbons (Fsp3) is 0.214. The molecule has 3 aromatic carbocycles. The molecule has 7 nitrogen and oxygen atoms in total. The van der Waals surface area contributed by atoms with E-state index in [0.717, 1.165) is 0 Å². The molecule has 208 valence electrons. The molecule has 1 N–H and O–H groups in total. The summed E-state index contributed by atoms with van der Waals surface area (Å²) >= 11 is 6.43. The Morgan fingerprint density at radius 2 is 1.77 bits per heavy atom. The third-order valence-electron chi connectivity index (χ3n) is 6.80. The zero-order valence-electron chi connectivity index (χ0n) is 21.2. The number of pyridine rings is 1. The SMILES string of the molecule is C[C@H]1CN(Cc2c(F)cc(F)cc2F)CCN1C(=O)c1ccc(NS(=O)(=O)c2cccc3cccnc23)cc1Cl. The molecule has 40 heavy (non-hydrogen) atoms. The number of halogens is 4. The van der Waals surface area contributed by atoms with E-state index < -0.39 is 27.5 Å². The van der Waals surface area contributed by atoms with Crippen LogP contribution in [0.4, 0.5) is 18.9 Å². The Hall–Kier alpha value is -3.67. The van der Waals surface area contributed by atoms with Crippen molar-refractivity contribution < 1.29 is 26.4 Å². The Morgan fingerprint density at radius 1 is 1.05 bits per heavy atom. The van der Waals surface area contributed by atoms with Crippen molar-refractivity contribution in [2.45, 2.75) is 24.4 Å². The molecule has 1 aliphatic heterocycles. The Bertz CT molecular complexity index is 1690. The number of piperazine rings is 1. The van der Waals surface area contributed by atoms with E-state index in [1.807, 2.05) is 0 Å². The van der Waals surface area contributed by atoms with Crippen LogP contribution in [0.1, 0.15) is 22.8 Å². The number of benzene rings is 3. The van der Waals surface area contributed by atoms with E-state index in [0.29, 0.717) is 36.1 Å². The van der Waals surface area contributed by atoms with Gasteiger partial charge in [0.25, 0.3) is 15.9 Å². The van der Waals surface area contributed by atoms with Crippen LogP contribution in [0, 0.1) is 17.5 Å². The molecule has 12 heteroatoms. The highest BCUT2D eigenvalue weighted by molar-refractivity contribution is 7.93. The molecule has 4 aromatic rings. The van der Waals surface area contributed by atoms with E-state index in [-0.39, 0.29) is 51.8 Å². The van der Waals surface area contributed by atoms with Gasteiger partial charge >= 0.3 is 0 Å². The van der Waals surface area contributed by atoms with Gasteiger partial charge in [0, 0.05) is 61.5 Å². The summed E-state index contributed by atoms with van der Waals surface area (Å²) in [7, 11) is -4.01. The minimum absolute atomic E-state index is 0.00831. The molecule has 0 spiro atoms. The van der Waals surface area contributed by atoms with Crippen molar-refractivity contribution in [2.75, 3.05) is 24.4 Å². The number of nitrogens with zero attached hydrogens (tertiary/aromatic N) is 3. The van der Waals surface area contributed by atoms with E-state index in [1.54, 1.807) is 41.0 Å². The standard InChI is InChI=1S/C28H24ClF3N4O3S/c1-17-15-35(16-22-24(31)12-19(30)13-25(22)32)10-11-36(17)28(37)21-8-7-20(14-23(21)29)34-40(38,39)26-6-2-4-18-5-3-9-33-27(18)26/h2-9,12-14,17,34H,10-11,15-16H2,1H3/t17-/m0/s1. The van der Waals surface area contributed by atoms with Gasteiger partial charge < -0.3 is 4.90 Å². The molecule has 1 atom stereocenters. The van der Waals surface area contributed by atoms with Crippen LogP contribution >= 0.6 is 11.6 Å². The Kier molecular flexibility index (Phi) is 7.72. The molecule has 0 saturated carbocycles. The van der Waals surface area contributed by atoms with E-state index in [9.17, 15) is 26.4 Å². The number of aromatic nitrogens is 1. The first-order valence-electron chi connectivity index (χ1n) is 12.4. The predicted octanol–water partition coefficient (Wildman–Crippen LogP) is 5.45. The minimum atomic E-state index is -4.01. The highest BCUT2D eigenvalue weighted by atomic mass is 35.5. The molecule has 0 aliphatic carbocycles. The second-order valence-electron chi connectivity index (χ2n) is 9.56. The quantitative estimate of drug-likeness (QED) is 0.324. The van der Waals surface area contributed by atoms with Gasteiger partial charge in [0.1, 0.15) is 22.3 Å². The van der Waals surface area contributed by atoms with Gasteiger partial charge in [-0.25, -0.2) is 21.6 Å². The van der Waals surface area contributed by atoms with Gasteiger partial charge in [0.2, 0.25) is 0 Å². The zero-order valence-corrected chi connectivity index (χ0v) is 22.8. The molecule has 0 radical (unpaired) electrons. The molecule has 0 unspecified atom stereocenters. The van der Waals surface area contributed by atoms with Crippen molar-refractivity contribution in [3.8, 4) is 0 Å². The Morgan fingerprint density at radius 3 is 2.48 bits per heavy atom. The molecular weight excluding hydrogens is 565 g/mol. The van der Waals surface area contributed by atoms with Gasteiger partial charge in [0.05, 0.1) is 21.8 Å². The van der Waals surface area contributed by atoms with Crippen molar-refractivity contribution in [2.24, 2.45) is 0 Å². The van der Waals surface area contributed by atoms with Crippen LogP contribution in [0.5, 0.6) is 0 Å². The van der Waals surface area contributed by atoms with Crippen molar-refractivity contribution in [3.05, 3.63) is 100 Å². The molecule has 2 heterocycles. The topological polar surface area (TPSA) is 82.6 Å². The normalized spacial score (nSPS) is 16.3. The highest BCUT2D eigenvalue weighted by Crippen LogP contribution is 2.28. The van der Waals surface area contributed by atoms with E-state index in [4.69, 9.17) is 11.6 Å². The lowest BCUT2D eigenvalue weighted by atomic mass is 10.1. The number of rotatable bonds is 6. The van der Waals surface area contributed by atoms with Crippen LogP contribution in [0.15, 0.2) is 71.8 Å². The molecule has 1 amide bonds. The molecule has 1 aromatic heterocycles. The summed E-state index contributed by atoms with van der Waals surface area (Å²) < 4.78 is 70.2.